The van der Waals surface area contributed by atoms with Gasteiger partial charge in [-0.3, -0.25) is 4.79 Å². The highest BCUT2D eigenvalue weighted by molar-refractivity contribution is 6.32. The molecule has 0 bridgehead atoms. The largest absolute Gasteiger partial charge is 0.495 e. The van der Waals surface area contributed by atoms with Crippen molar-refractivity contribution in [3.8, 4) is 5.75 Å². The van der Waals surface area contributed by atoms with Crippen LogP contribution in [0.3, 0.4) is 0 Å². The molecule has 1 atom stereocenters. The van der Waals surface area contributed by atoms with Gasteiger partial charge >= 0.3 is 0 Å². The summed E-state index contributed by atoms with van der Waals surface area (Å²) in [5, 5.41) is 0.412. The molecule has 0 N–H and O–H groups in total. The van der Waals surface area contributed by atoms with Crippen molar-refractivity contribution in [3.05, 3.63) is 23.2 Å². The fraction of sp³-hybridized carbons (Fsp3) is 0.364. The molecule has 3 nitrogen and oxygen atoms in total. The summed E-state index contributed by atoms with van der Waals surface area (Å²) in [6.45, 7) is 0.533. The Balaban J connectivity index is 2.30. The van der Waals surface area contributed by atoms with Crippen molar-refractivity contribution in [3.63, 3.8) is 0 Å². The zero-order valence-electron chi connectivity index (χ0n) is 8.74. The lowest BCUT2D eigenvalue weighted by Crippen LogP contribution is -2.24. The molecule has 1 aromatic carbocycles. The standard InChI is InChI=1S/C11H11Cl2NO2/c1-16-10-5-8(2-3-9(10)13)14-6-7(12)4-11(14)15/h2-3,5,7H,4,6H2,1H3. The first kappa shape index (κ1) is 11.6. The molecule has 86 valence electrons. The van der Waals surface area contributed by atoms with Crippen LogP contribution in [0.5, 0.6) is 5.75 Å². The molecule has 16 heavy (non-hydrogen) atoms. The van der Waals surface area contributed by atoms with Crippen molar-refractivity contribution >= 4 is 34.8 Å². The zero-order valence-corrected chi connectivity index (χ0v) is 10.3. The Morgan fingerprint density at radius 1 is 1.50 bits per heavy atom. The van der Waals surface area contributed by atoms with Gasteiger partial charge in [-0.05, 0) is 12.1 Å². The van der Waals surface area contributed by atoms with Crippen LogP contribution in [0.1, 0.15) is 6.42 Å². The van der Waals surface area contributed by atoms with E-state index in [2.05, 4.69) is 0 Å². The van der Waals surface area contributed by atoms with E-state index < -0.39 is 0 Å². The van der Waals surface area contributed by atoms with E-state index in [4.69, 9.17) is 27.9 Å². The van der Waals surface area contributed by atoms with Crippen LogP contribution >= 0.6 is 23.2 Å². The Kier molecular flexibility index (Phi) is 3.26. The predicted molar refractivity (Wildman–Crippen MR) is 64.6 cm³/mol. The lowest BCUT2D eigenvalue weighted by Gasteiger charge is -2.17. The maximum atomic E-state index is 11.6. The van der Waals surface area contributed by atoms with Crippen LogP contribution in [-0.4, -0.2) is 24.9 Å². The topological polar surface area (TPSA) is 29.5 Å². The second kappa shape index (κ2) is 4.52. The molecule has 0 saturated carbocycles. The summed E-state index contributed by atoms with van der Waals surface area (Å²) in [4.78, 5) is 13.3. The first-order valence-corrected chi connectivity index (χ1v) is 5.71. The minimum Gasteiger partial charge on any atom is -0.495 e. The van der Waals surface area contributed by atoms with Crippen molar-refractivity contribution in [2.75, 3.05) is 18.6 Å². The Hall–Kier alpha value is -0.930. The number of anilines is 1. The molecule has 2 rings (SSSR count). The van der Waals surface area contributed by atoms with E-state index in [0.29, 0.717) is 23.7 Å². The van der Waals surface area contributed by atoms with Gasteiger partial charge in [0, 0.05) is 24.7 Å². The van der Waals surface area contributed by atoms with E-state index in [1.54, 1.807) is 30.2 Å². The summed E-state index contributed by atoms with van der Waals surface area (Å²) in [5.41, 5.74) is 0.773. The second-order valence-electron chi connectivity index (χ2n) is 3.62. The lowest BCUT2D eigenvalue weighted by atomic mass is 10.3. The fourth-order valence-corrected chi connectivity index (χ4v) is 2.19. The number of benzene rings is 1. The van der Waals surface area contributed by atoms with Crippen LogP contribution in [0.4, 0.5) is 5.69 Å². The zero-order chi connectivity index (χ0) is 11.7. The van der Waals surface area contributed by atoms with E-state index in [1.165, 1.54) is 0 Å². The highest BCUT2D eigenvalue weighted by Crippen LogP contribution is 2.31. The smallest absolute Gasteiger partial charge is 0.228 e. The number of rotatable bonds is 2. The van der Waals surface area contributed by atoms with Gasteiger partial charge in [0.15, 0.2) is 0 Å². The number of amides is 1. The maximum Gasteiger partial charge on any atom is 0.228 e. The third kappa shape index (κ3) is 2.11. The van der Waals surface area contributed by atoms with Gasteiger partial charge in [-0.2, -0.15) is 0 Å². The average Bonchev–Trinajstić information content (AvgIpc) is 2.59. The molecule has 1 aliphatic rings. The van der Waals surface area contributed by atoms with Crippen LogP contribution < -0.4 is 9.64 Å². The monoisotopic (exact) mass is 259 g/mol. The van der Waals surface area contributed by atoms with Crippen LogP contribution in [0.2, 0.25) is 5.02 Å². The quantitative estimate of drug-likeness (QED) is 0.765. The molecule has 0 aliphatic carbocycles. The normalized spacial score (nSPS) is 20.3. The van der Waals surface area contributed by atoms with Gasteiger partial charge in [-0.15, -0.1) is 11.6 Å². The Morgan fingerprint density at radius 2 is 2.25 bits per heavy atom. The predicted octanol–water partition coefficient (Wildman–Crippen LogP) is 2.69. The van der Waals surface area contributed by atoms with Crippen molar-refractivity contribution in [2.45, 2.75) is 11.8 Å². The van der Waals surface area contributed by atoms with Gasteiger partial charge in [-0.25, -0.2) is 0 Å². The molecule has 1 aliphatic heterocycles. The first-order valence-electron chi connectivity index (χ1n) is 4.90. The Bertz CT molecular complexity index is 422. The summed E-state index contributed by atoms with van der Waals surface area (Å²) in [7, 11) is 1.54. The van der Waals surface area contributed by atoms with Crippen LogP contribution in [-0.2, 0) is 4.79 Å². The molecule has 1 aromatic rings. The molecule has 1 heterocycles. The molecule has 1 unspecified atom stereocenters. The van der Waals surface area contributed by atoms with E-state index >= 15 is 0 Å². The van der Waals surface area contributed by atoms with Crippen molar-refractivity contribution in [2.24, 2.45) is 0 Å². The molecule has 5 heteroatoms. The third-order valence-corrected chi connectivity index (χ3v) is 3.13. The lowest BCUT2D eigenvalue weighted by molar-refractivity contribution is -0.117. The number of carbonyl (C=O) groups excluding carboxylic acids is 1. The number of nitrogens with zero attached hydrogens (tertiary/aromatic N) is 1. The molecular formula is C11H11Cl2NO2. The number of alkyl halides is 1. The SMILES string of the molecule is COc1cc(N2CC(Cl)CC2=O)ccc1Cl. The molecular weight excluding hydrogens is 249 g/mol. The van der Waals surface area contributed by atoms with Gasteiger partial charge in [0.05, 0.1) is 17.5 Å². The maximum absolute atomic E-state index is 11.6. The number of ether oxygens (including phenoxy) is 1. The van der Waals surface area contributed by atoms with E-state index in [-0.39, 0.29) is 11.3 Å². The average molecular weight is 260 g/mol. The summed E-state index contributed by atoms with van der Waals surface area (Å²) in [6, 6.07) is 5.25. The number of carbonyl (C=O) groups is 1. The molecule has 1 amide bonds. The Morgan fingerprint density at radius 3 is 2.81 bits per heavy atom. The number of hydrogen-bond donors (Lipinski definition) is 0. The minimum absolute atomic E-state index is 0.0318. The van der Waals surface area contributed by atoms with Gasteiger partial charge in [0.2, 0.25) is 5.91 Å². The van der Waals surface area contributed by atoms with E-state index in [9.17, 15) is 4.79 Å². The van der Waals surface area contributed by atoms with Gasteiger partial charge in [0.1, 0.15) is 5.75 Å². The van der Waals surface area contributed by atoms with Crippen molar-refractivity contribution in [1.82, 2.24) is 0 Å². The number of hydrogen-bond acceptors (Lipinski definition) is 2. The molecule has 0 aromatic heterocycles. The highest BCUT2D eigenvalue weighted by Gasteiger charge is 2.29. The first-order chi connectivity index (χ1) is 7.61. The summed E-state index contributed by atoms with van der Waals surface area (Å²) >= 11 is 11.9. The van der Waals surface area contributed by atoms with Crippen molar-refractivity contribution in [1.29, 1.82) is 0 Å². The molecule has 1 fully saturated rings. The minimum atomic E-state index is -0.117. The molecule has 1 saturated heterocycles. The summed E-state index contributed by atoms with van der Waals surface area (Å²) in [6.07, 6.45) is 0.381. The number of halogens is 2. The van der Waals surface area contributed by atoms with Gasteiger partial charge in [0.25, 0.3) is 0 Å². The molecule has 0 spiro atoms. The van der Waals surface area contributed by atoms with Gasteiger partial charge < -0.3 is 9.64 Å². The fourth-order valence-electron chi connectivity index (χ4n) is 1.73. The summed E-state index contributed by atoms with van der Waals surface area (Å²) in [5.74, 6) is 0.592. The van der Waals surface area contributed by atoms with E-state index in [1.807, 2.05) is 0 Å². The van der Waals surface area contributed by atoms with Gasteiger partial charge in [-0.1, -0.05) is 11.6 Å². The summed E-state index contributed by atoms with van der Waals surface area (Å²) < 4.78 is 5.10. The number of methoxy groups -OCH3 is 1. The van der Waals surface area contributed by atoms with Crippen LogP contribution in [0.25, 0.3) is 0 Å². The Labute approximate surface area is 104 Å². The second-order valence-corrected chi connectivity index (χ2v) is 4.65. The highest BCUT2D eigenvalue weighted by atomic mass is 35.5. The van der Waals surface area contributed by atoms with Crippen molar-refractivity contribution < 1.29 is 9.53 Å². The van der Waals surface area contributed by atoms with Crippen LogP contribution in [0.15, 0.2) is 18.2 Å². The van der Waals surface area contributed by atoms with Crippen LogP contribution in [0, 0.1) is 0 Å². The molecule has 0 radical (unpaired) electrons. The van der Waals surface area contributed by atoms with E-state index in [0.717, 1.165) is 5.69 Å². The third-order valence-electron chi connectivity index (χ3n) is 2.52.